The van der Waals surface area contributed by atoms with E-state index in [2.05, 4.69) is 14.7 Å². The molecule has 0 spiro atoms. The molecule has 1 N–H and O–H groups in total. The highest BCUT2D eigenvalue weighted by molar-refractivity contribution is 7.99. The van der Waals surface area contributed by atoms with Gasteiger partial charge in [-0.25, -0.2) is 4.98 Å². The molecule has 27 heavy (non-hydrogen) atoms. The first-order valence-corrected chi connectivity index (χ1v) is 9.30. The number of aromatic nitrogens is 2. The second-order valence-corrected chi connectivity index (χ2v) is 7.36. The molecule has 142 valence electrons. The molecule has 3 rings (SSSR count). The second-order valence-electron chi connectivity index (χ2n) is 5.62. The van der Waals surface area contributed by atoms with Gasteiger partial charge in [0.05, 0.1) is 17.2 Å². The Hall–Kier alpha value is -2.19. The summed E-state index contributed by atoms with van der Waals surface area (Å²) in [4.78, 5) is 19.5. The van der Waals surface area contributed by atoms with Crippen LogP contribution in [0.1, 0.15) is 18.1 Å². The number of halogens is 4. The Morgan fingerprint density at radius 2 is 2.00 bits per heavy atom. The number of benzene rings is 2. The average Bonchev–Trinajstić information content (AvgIpc) is 2.57. The minimum atomic E-state index is -4.86. The minimum absolute atomic E-state index is 0.0287. The van der Waals surface area contributed by atoms with Gasteiger partial charge >= 0.3 is 6.36 Å². The number of ether oxygens (including phenoxy) is 1. The van der Waals surface area contributed by atoms with Crippen LogP contribution in [0.2, 0.25) is 5.02 Å². The molecule has 1 heterocycles. The third-order valence-electron chi connectivity index (χ3n) is 3.73. The lowest BCUT2D eigenvalue weighted by Crippen LogP contribution is -2.18. The van der Waals surface area contributed by atoms with Crippen molar-refractivity contribution in [3.8, 4) is 5.75 Å². The Balaban J connectivity index is 2.15. The van der Waals surface area contributed by atoms with Crippen LogP contribution in [-0.2, 0) is 6.42 Å². The molecule has 0 radical (unpaired) electrons. The van der Waals surface area contributed by atoms with Gasteiger partial charge in [-0.2, -0.15) is 0 Å². The van der Waals surface area contributed by atoms with E-state index in [9.17, 15) is 18.0 Å². The van der Waals surface area contributed by atoms with Crippen molar-refractivity contribution in [2.75, 3.05) is 5.75 Å². The molecule has 0 bridgehead atoms. The Kier molecular flexibility index (Phi) is 5.67. The van der Waals surface area contributed by atoms with Crippen molar-refractivity contribution in [2.45, 2.75) is 24.6 Å². The zero-order valence-corrected chi connectivity index (χ0v) is 15.6. The van der Waals surface area contributed by atoms with E-state index < -0.39 is 17.7 Å². The number of aromatic amines is 1. The monoisotopic (exact) mass is 414 g/mol. The Labute approximate surface area is 161 Å². The summed E-state index contributed by atoms with van der Waals surface area (Å²) < 4.78 is 42.1. The molecule has 1 aromatic heterocycles. The van der Waals surface area contributed by atoms with Crippen LogP contribution in [0.15, 0.2) is 46.3 Å². The summed E-state index contributed by atoms with van der Waals surface area (Å²) in [7, 11) is 0. The molecule has 0 aliphatic carbocycles. The number of nitrogens with zero attached hydrogens (tertiary/aromatic N) is 1. The van der Waals surface area contributed by atoms with Gasteiger partial charge in [0.2, 0.25) is 0 Å². The largest absolute Gasteiger partial charge is 0.573 e. The number of rotatable bonds is 5. The Morgan fingerprint density at radius 3 is 2.70 bits per heavy atom. The Bertz CT molecular complexity index is 1040. The van der Waals surface area contributed by atoms with E-state index in [1.807, 2.05) is 13.0 Å². The quantitative estimate of drug-likeness (QED) is 0.584. The Morgan fingerprint density at radius 1 is 1.22 bits per heavy atom. The number of alkyl halides is 3. The van der Waals surface area contributed by atoms with Crippen LogP contribution in [0, 0.1) is 0 Å². The van der Waals surface area contributed by atoms with Gasteiger partial charge in [-0.05, 0) is 47.2 Å². The first-order chi connectivity index (χ1) is 12.8. The van der Waals surface area contributed by atoms with Crippen molar-refractivity contribution in [3.63, 3.8) is 0 Å². The van der Waals surface area contributed by atoms with Crippen LogP contribution in [0.5, 0.6) is 5.75 Å². The normalized spacial score (nSPS) is 11.7. The number of thioether (sulfide) groups is 1. The van der Waals surface area contributed by atoms with Gasteiger partial charge in [0.15, 0.2) is 0 Å². The molecule has 0 aliphatic heterocycles. The predicted octanol–water partition coefficient (Wildman–Crippen LogP) is 5.18. The lowest BCUT2D eigenvalue weighted by atomic mass is 10.0. The molecule has 4 nitrogen and oxygen atoms in total. The molecule has 0 aliphatic rings. The number of hydrogen-bond donors (Lipinski definition) is 1. The molecule has 0 saturated carbocycles. The van der Waals surface area contributed by atoms with Crippen molar-refractivity contribution in [1.82, 2.24) is 9.97 Å². The molecular formula is C18H14ClF3N2O2S. The summed E-state index contributed by atoms with van der Waals surface area (Å²) in [5, 5.41) is 0.546. The lowest BCUT2D eigenvalue weighted by molar-refractivity contribution is -0.274. The van der Waals surface area contributed by atoms with Gasteiger partial charge < -0.3 is 9.72 Å². The highest BCUT2D eigenvalue weighted by atomic mass is 35.5. The van der Waals surface area contributed by atoms with Crippen LogP contribution in [0.25, 0.3) is 10.9 Å². The molecule has 0 fully saturated rings. The molecule has 2 aromatic carbocycles. The number of nitrogens with one attached hydrogen (secondary N) is 1. The number of H-pyrrole nitrogens is 1. The average molecular weight is 415 g/mol. The third-order valence-corrected chi connectivity index (χ3v) is 4.97. The van der Waals surface area contributed by atoms with E-state index in [0.717, 1.165) is 22.3 Å². The zero-order valence-electron chi connectivity index (χ0n) is 14.1. The summed E-state index contributed by atoms with van der Waals surface area (Å²) in [6, 6.07) is 7.68. The van der Waals surface area contributed by atoms with Crippen molar-refractivity contribution < 1.29 is 17.9 Å². The second kappa shape index (κ2) is 7.82. The van der Waals surface area contributed by atoms with Gasteiger partial charge in [-0.3, -0.25) is 4.79 Å². The van der Waals surface area contributed by atoms with Gasteiger partial charge in [0.25, 0.3) is 5.56 Å². The summed E-state index contributed by atoms with van der Waals surface area (Å²) in [6.45, 7) is 2.00. The van der Waals surface area contributed by atoms with Gasteiger partial charge in [0.1, 0.15) is 5.75 Å². The molecule has 3 aromatic rings. The van der Waals surface area contributed by atoms with Crippen molar-refractivity contribution in [3.05, 3.63) is 63.2 Å². The molecule has 0 amide bonds. The van der Waals surface area contributed by atoms with E-state index >= 15 is 0 Å². The minimum Gasteiger partial charge on any atom is -0.406 e. The maximum atomic E-state index is 12.7. The van der Waals surface area contributed by atoms with Crippen molar-refractivity contribution >= 4 is 34.3 Å². The summed E-state index contributed by atoms with van der Waals surface area (Å²) in [5.74, 6) is 0.361. The standard InChI is InChI=1S/C18H14ClF3N2O2S/c1-2-27-15-4-3-12(19)6-10(15)5-11-7-13(26-18(20,21)22)8-14-16(11)23-9-24-17(14)25/h3-4,6-9H,2,5H2,1H3,(H,23,24,25). The SMILES string of the molecule is CCSc1ccc(Cl)cc1Cc1cc(OC(F)(F)F)cc2c(=O)[nH]cnc12. The highest BCUT2D eigenvalue weighted by Gasteiger charge is 2.31. The van der Waals surface area contributed by atoms with Crippen LogP contribution in [0.4, 0.5) is 13.2 Å². The topological polar surface area (TPSA) is 55.0 Å². The molecule has 0 atom stereocenters. The zero-order chi connectivity index (χ0) is 19.6. The maximum Gasteiger partial charge on any atom is 0.573 e. The third kappa shape index (κ3) is 4.75. The smallest absolute Gasteiger partial charge is 0.406 e. The van der Waals surface area contributed by atoms with E-state index in [4.69, 9.17) is 11.6 Å². The van der Waals surface area contributed by atoms with E-state index in [1.165, 1.54) is 12.4 Å². The first kappa shape index (κ1) is 19.6. The number of hydrogen-bond acceptors (Lipinski definition) is 4. The van der Waals surface area contributed by atoms with Gasteiger partial charge in [-0.1, -0.05) is 18.5 Å². The summed E-state index contributed by atoms with van der Waals surface area (Å²) in [6.07, 6.45) is -3.39. The fourth-order valence-corrected chi connectivity index (χ4v) is 3.73. The molecular weight excluding hydrogens is 401 g/mol. The number of fused-ring (bicyclic) bond motifs is 1. The first-order valence-electron chi connectivity index (χ1n) is 7.94. The molecule has 9 heteroatoms. The van der Waals surface area contributed by atoms with E-state index in [0.29, 0.717) is 16.1 Å². The van der Waals surface area contributed by atoms with E-state index in [-0.39, 0.29) is 11.8 Å². The lowest BCUT2D eigenvalue weighted by Gasteiger charge is -2.14. The van der Waals surface area contributed by atoms with Gasteiger partial charge in [0, 0.05) is 16.3 Å². The van der Waals surface area contributed by atoms with Crippen molar-refractivity contribution in [2.24, 2.45) is 0 Å². The fraction of sp³-hybridized carbons (Fsp3) is 0.222. The molecule has 0 saturated heterocycles. The summed E-state index contributed by atoms with van der Waals surface area (Å²) >= 11 is 7.69. The fourth-order valence-electron chi connectivity index (χ4n) is 2.74. The highest BCUT2D eigenvalue weighted by Crippen LogP contribution is 2.32. The maximum absolute atomic E-state index is 12.7. The van der Waals surface area contributed by atoms with E-state index in [1.54, 1.807) is 23.9 Å². The van der Waals surface area contributed by atoms with Crippen LogP contribution in [-0.4, -0.2) is 22.1 Å². The van der Waals surface area contributed by atoms with Crippen LogP contribution < -0.4 is 10.3 Å². The predicted molar refractivity (Wildman–Crippen MR) is 99.7 cm³/mol. The van der Waals surface area contributed by atoms with Crippen molar-refractivity contribution in [1.29, 1.82) is 0 Å². The van der Waals surface area contributed by atoms with Crippen LogP contribution in [0.3, 0.4) is 0 Å². The summed E-state index contributed by atoms with van der Waals surface area (Å²) in [5.41, 5.74) is 1.06. The molecule has 0 unspecified atom stereocenters. The van der Waals surface area contributed by atoms with Gasteiger partial charge in [-0.15, -0.1) is 24.9 Å². The van der Waals surface area contributed by atoms with Crippen LogP contribution >= 0.6 is 23.4 Å².